The summed E-state index contributed by atoms with van der Waals surface area (Å²) in [7, 11) is 1.29. The monoisotopic (exact) mass is 464 g/mol. The predicted molar refractivity (Wildman–Crippen MR) is 128 cm³/mol. The first-order chi connectivity index (χ1) is 16.3. The minimum atomic E-state index is -0.806. The number of para-hydroxylation sites is 1. The number of anilines is 1. The van der Waals surface area contributed by atoms with Crippen molar-refractivity contribution < 1.29 is 14.3 Å². The molecule has 3 aromatic rings. The summed E-state index contributed by atoms with van der Waals surface area (Å²) < 4.78 is 7.46. The highest BCUT2D eigenvalue weighted by atomic mass is 16.5. The molecule has 2 heterocycles. The number of aromatic nitrogens is 3. The molecule has 1 aromatic carbocycles. The zero-order chi connectivity index (χ0) is 24.4. The normalized spacial score (nSPS) is 13.4. The molecular weight excluding hydrogens is 436 g/mol. The fourth-order valence-corrected chi connectivity index (χ4v) is 4.54. The molecule has 2 N–H and O–H groups in total. The standard InChI is InChI=1S/C25H28N4O5/c1-3-13-29-22(26)21(23(31)28(2)25(29)33)19(30)14-34-24(32)20-15-9-5-4-6-11-17(15)27-18-12-8-7-10-16(18)20/h7-8,10,12H,3-6,9,11,13-14,26H2,1-2H3. The number of nitrogen functional groups attached to an aromatic ring is 1. The number of hydrogen-bond acceptors (Lipinski definition) is 7. The number of benzene rings is 1. The summed E-state index contributed by atoms with van der Waals surface area (Å²) in [5, 5.41) is 0.674. The van der Waals surface area contributed by atoms with E-state index in [4.69, 9.17) is 15.5 Å². The Balaban J connectivity index is 1.68. The number of nitrogens with zero attached hydrogens (tertiary/aromatic N) is 3. The van der Waals surface area contributed by atoms with Crippen LogP contribution in [-0.4, -0.2) is 32.5 Å². The SMILES string of the molecule is CCCn1c(N)c(C(=O)COC(=O)c2c3c(nc4ccccc24)CCCCC3)c(=O)n(C)c1=O. The number of carbonyl (C=O) groups is 2. The quantitative estimate of drug-likeness (QED) is 0.337. The van der Waals surface area contributed by atoms with Crippen LogP contribution in [0, 0.1) is 0 Å². The molecule has 2 aromatic heterocycles. The highest BCUT2D eigenvalue weighted by Crippen LogP contribution is 2.29. The fraction of sp³-hybridized carbons (Fsp3) is 0.400. The van der Waals surface area contributed by atoms with E-state index in [0.29, 0.717) is 29.3 Å². The van der Waals surface area contributed by atoms with Gasteiger partial charge in [0.05, 0.1) is 11.1 Å². The van der Waals surface area contributed by atoms with E-state index in [1.807, 2.05) is 31.2 Å². The minimum absolute atomic E-state index is 0.209. The van der Waals surface area contributed by atoms with E-state index in [9.17, 15) is 19.2 Å². The maximum atomic E-state index is 13.3. The Morgan fingerprint density at radius 3 is 2.59 bits per heavy atom. The number of carbonyl (C=O) groups excluding carboxylic acids is 2. The van der Waals surface area contributed by atoms with Gasteiger partial charge in [0.1, 0.15) is 11.4 Å². The predicted octanol–water partition coefficient (Wildman–Crippen LogP) is 2.40. The number of ketones is 1. The van der Waals surface area contributed by atoms with Crippen LogP contribution < -0.4 is 17.0 Å². The lowest BCUT2D eigenvalue weighted by Crippen LogP contribution is -2.43. The molecule has 0 bridgehead atoms. The smallest absolute Gasteiger partial charge is 0.339 e. The first-order valence-corrected chi connectivity index (χ1v) is 11.5. The number of pyridine rings is 1. The molecule has 34 heavy (non-hydrogen) atoms. The number of rotatable bonds is 6. The van der Waals surface area contributed by atoms with Crippen molar-refractivity contribution in [1.29, 1.82) is 0 Å². The third-order valence-corrected chi connectivity index (χ3v) is 6.27. The van der Waals surface area contributed by atoms with Gasteiger partial charge in [-0.2, -0.15) is 0 Å². The van der Waals surface area contributed by atoms with E-state index in [1.54, 1.807) is 0 Å². The summed E-state index contributed by atoms with van der Waals surface area (Å²) >= 11 is 0. The molecule has 9 nitrogen and oxygen atoms in total. The molecule has 178 valence electrons. The van der Waals surface area contributed by atoms with E-state index in [-0.39, 0.29) is 17.9 Å². The molecule has 0 saturated carbocycles. The van der Waals surface area contributed by atoms with Gasteiger partial charge in [-0.05, 0) is 43.7 Å². The summed E-state index contributed by atoms with van der Waals surface area (Å²) in [5.74, 6) is -1.60. The topological polar surface area (TPSA) is 126 Å². The Morgan fingerprint density at radius 2 is 1.82 bits per heavy atom. The first kappa shape index (κ1) is 23.4. The van der Waals surface area contributed by atoms with Crippen LogP contribution in [0.1, 0.15) is 64.6 Å². The number of ether oxygens (including phenoxy) is 1. The average Bonchev–Trinajstić information content (AvgIpc) is 3.07. The van der Waals surface area contributed by atoms with Crippen LogP contribution in [0.15, 0.2) is 33.9 Å². The lowest BCUT2D eigenvalue weighted by molar-refractivity contribution is 0.0475. The van der Waals surface area contributed by atoms with Gasteiger partial charge in [-0.3, -0.25) is 23.7 Å². The summed E-state index contributed by atoms with van der Waals surface area (Å²) in [4.78, 5) is 56.0. The van der Waals surface area contributed by atoms with Gasteiger partial charge in [-0.15, -0.1) is 0 Å². The minimum Gasteiger partial charge on any atom is -0.454 e. The highest BCUT2D eigenvalue weighted by molar-refractivity contribution is 6.07. The van der Waals surface area contributed by atoms with Crippen molar-refractivity contribution in [1.82, 2.24) is 14.1 Å². The van der Waals surface area contributed by atoms with Crippen molar-refractivity contribution in [2.45, 2.75) is 52.0 Å². The average molecular weight is 465 g/mol. The summed E-state index contributed by atoms with van der Waals surface area (Å²) in [6.45, 7) is 1.45. The molecule has 1 aliphatic carbocycles. The van der Waals surface area contributed by atoms with Crippen molar-refractivity contribution in [3.8, 4) is 0 Å². The van der Waals surface area contributed by atoms with Gasteiger partial charge in [0.25, 0.3) is 5.56 Å². The van der Waals surface area contributed by atoms with Gasteiger partial charge in [-0.1, -0.05) is 31.5 Å². The fourth-order valence-electron chi connectivity index (χ4n) is 4.54. The number of nitrogens with two attached hydrogens (primary N) is 1. The molecule has 0 saturated heterocycles. The van der Waals surface area contributed by atoms with Gasteiger partial charge < -0.3 is 10.5 Å². The Bertz CT molecular complexity index is 1400. The van der Waals surface area contributed by atoms with Crippen LogP contribution in [0.4, 0.5) is 5.82 Å². The van der Waals surface area contributed by atoms with Crippen molar-refractivity contribution in [2.75, 3.05) is 12.3 Å². The number of Topliss-reactive ketones (excluding diaryl/α,β-unsaturated/α-hetero) is 1. The van der Waals surface area contributed by atoms with Crippen LogP contribution in [0.3, 0.4) is 0 Å². The van der Waals surface area contributed by atoms with E-state index >= 15 is 0 Å². The lowest BCUT2D eigenvalue weighted by Gasteiger charge is -2.16. The Hall–Kier alpha value is -3.75. The van der Waals surface area contributed by atoms with E-state index in [1.165, 1.54) is 11.6 Å². The zero-order valence-electron chi connectivity index (χ0n) is 19.4. The second kappa shape index (κ2) is 9.62. The van der Waals surface area contributed by atoms with Crippen LogP contribution in [0.5, 0.6) is 0 Å². The van der Waals surface area contributed by atoms with Gasteiger partial charge in [-0.25, -0.2) is 9.59 Å². The second-order valence-electron chi connectivity index (χ2n) is 8.55. The van der Waals surface area contributed by atoms with E-state index in [0.717, 1.165) is 41.5 Å². The van der Waals surface area contributed by atoms with Gasteiger partial charge in [0.2, 0.25) is 5.78 Å². The summed E-state index contributed by atoms with van der Waals surface area (Å²) in [6.07, 6.45) is 5.08. The van der Waals surface area contributed by atoms with E-state index < -0.39 is 29.6 Å². The van der Waals surface area contributed by atoms with Crippen molar-refractivity contribution in [3.63, 3.8) is 0 Å². The second-order valence-corrected chi connectivity index (χ2v) is 8.55. The molecule has 0 radical (unpaired) electrons. The molecule has 1 aliphatic rings. The molecule has 4 rings (SSSR count). The maximum Gasteiger partial charge on any atom is 0.339 e. The van der Waals surface area contributed by atoms with Gasteiger partial charge in [0.15, 0.2) is 6.61 Å². The van der Waals surface area contributed by atoms with Crippen molar-refractivity contribution >= 4 is 28.5 Å². The summed E-state index contributed by atoms with van der Waals surface area (Å²) in [6, 6.07) is 7.36. The largest absolute Gasteiger partial charge is 0.454 e. The number of esters is 1. The van der Waals surface area contributed by atoms with Crippen LogP contribution >= 0.6 is 0 Å². The molecule has 0 spiro atoms. The number of hydrogen-bond donors (Lipinski definition) is 1. The molecule has 0 fully saturated rings. The van der Waals surface area contributed by atoms with E-state index in [2.05, 4.69) is 0 Å². The molecule has 9 heteroatoms. The molecule has 0 aliphatic heterocycles. The Labute approximate surface area is 196 Å². The molecule has 0 unspecified atom stereocenters. The molecule has 0 atom stereocenters. The maximum absolute atomic E-state index is 13.3. The lowest BCUT2D eigenvalue weighted by atomic mass is 9.97. The molecular formula is C25H28N4O5. The highest BCUT2D eigenvalue weighted by Gasteiger charge is 2.26. The van der Waals surface area contributed by atoms with Crippen LogP contribution in [-0.2, 0) is 31.2 Å². The number of fused-ring (bicyclic) bond motifs is 2. The Kier molecular flexibility index (Phi) is 6.63. The summed E-state index contributed by atoms with van der Waals surface area (Å²) in [5.41, 5.74) is 7.15. The third-order valence-electron chi connectivity index (χ3n) is 6.27. The van der Waals surface area contributed by atoms with Gasteiger partial charge >= 0.3 is 11.7 Å². The zero-order valence-corrected chi connectivity index (χ0v) is 19.4. The van der Waals surface area contributed by atoms with Crippen LogP contribution in [0.25, 0.3) is 10.9 Å². The van der Waals surface area contributed by atoms with Crippen molar-refractivity contribution in [2.24, 2.45) is 7.05 Å². The van der Waals surface area contributed by atoms with Gasteiger partial charge in [0, 0.05) is 24.7 Å². The third kappa shape index (κ3) is 4.13. The molecule has 0 amide bonds. The number of aryl methyl sites for hydroxylation is 1. The Morgan fingerprint density at radius 1 is 1.09 bits per heavy atom. The van der Waals surface area contributed by atoms with Crippen molar-refractivity contribution in [3.05, 3.63) is 67.5 Å². The van der Waals surface area contributed by atoms with Crippen LogP contribution in [0.2, 0.25) is 0 Å². The first-order valence-electron chi connectivity index (χ1n) is 11.5.